The van der Waals surface area contributed by atoms with Gasteiger partial charge in [-0.15, -0.1) is 0 Å². The molecule has 1 aliphatic heterocycles. The Morgan fingerprint density at radius 3 is 2.15 bits per heavy atom. The molecule has 4 heteroatoms. The van der Waals surface area contributed by atoms with Crippen molar-refractivity contribution in [3.05, 3.63) is 90.5 Å². The zero-order valence-corrected chi connectivity index (χ0v) is 15.3. The lowest BCUT2D eigenvalue weighted by Gasteiger charge is -2.39. The number of urea groups is 1. The summed E-state index contributed by atoms with van der Waals surface area (Å²) in [5.41, 5.74) is 3.99. The maximum Gasteiger partial charge on any atom is 0.326 e. The maximum atomic E-state index is 13.0. The van der Waals surface area contributed by atoms with Crippen molar-refractivity contribution in [3.8, 4) is 0 Å². The Hall–Kier alpha value is -3.27. The molecule has 27 heavy (non-hydrogen) atoms. The predicted molar refractivity (Wildman–Crippen MR) is 111 cm³/mol. The first-order valence-corrected chi connectivity index (χ1v) is 9.28. The molecule has 0 saturated heterocycles. The van der Waals surface area contributed by atoms with E-state index in [1.807, 2.05) is 71.6 Å². The van der Waals surface area contributed by atoms with Gasteiger partial charge in [0.05, 0.1) is 11.7 Å². The lowest BCUT2D eigenvalue weighted by Crippen LogP contribution is -2.46. The minimum atomic E-state index is -0.0979. The second-order valence-electron chi connectivity index (χ2n) is 6.87. The molecule has 4 nitrogen and oxygen atoms in total. The molecule has 2 N–H and O–H groups in total. The van der Waals surface area contributed by atoms with Gasteiger partial charge in [0.1, 0.15) is 0 Å². The van der Waals surface area contributed by atoms with Gasteiger partial charge in [-0.1, -0.05) is 54.6 Å². The molecule has 0 radical (unpaired) electrons. The monoisotopic (exact) mass is 357 g/mol. The molecular formula is C23H23N3O. The van der Waals surface area contributed by atoms with Crippen molar-refractivity contribution in [1.82, 2.24) is 0 Å². The van der Waals surface area contributed by atoms with Gasteiger partial charge >= 0.3 is 6.03 Å². The molecule has 3 aromatic carbocycles. The fourth-order valence-electron chi connectivity index (χ4n) is 3.70. The number of carbonyl (C=O) groups is 1. The van der Waals surface area contributed by atoms with Crippen molar-refractivity contribution in [1.29, 1.82) is 0 Å². The van der Waals surface area contributed by atoms with Gasteiger partial charge in [-0.05, 0) is 49.2 Å². The molecule has 0 aromatic heterocycles. The van der Waals surface area contributed by atoms with Gasteiger partial charge in [-0.25, -0.2) is 4.79 Å². The van der Waals surface area contributed by atoms with Crippen LogP contribution in [0.1, 0.15) is 24.9 Å². The maximum absolute atomic E-state index is 13.0. The molecule has 1 heterocycles. The van der Waals surface area contributed by atoms with Crippen molar-refractivity contribution in [2.24, 2.45) is 0 Å². The third kappa shape index (κ3) is 3.65. The Bertz CT molecular complexity index is 911. The summed E-state index contributed by atoms with van der Waals surface area (Å²) in [4.78, 5) is 14.9. The van der Waals surface area contributed by atoms with Crippen LogP contribution < -0.4 is 15.5 Å². The van der Waals surface area contributed by atoms with Crippen LogP contribution in [0, 0.1) is 0 Å². The molecule has 0 spiro atoms. The Morgan fingerprint density at radius 1 is 0.852 bits per heavy atom. The molecular weight excluding hydrogens is 334 g/mol. The van der Waals surface area contributed by atoms with Crippen LogP contribution in [0.3, 0.4) is 0 Å². The van der Waals surface area contributed by atoms with Gasteiger partial charge in [0.25, 0.3) is 0 Å². The topological polar surface area (TPSA) is 44.4 Å². The van der Waals surface area contributed by atoms with E-state index in [2.05, 4.69) is 35.8 Å². The Labute approximate surface area is 159 Å². The van der Waals surface area contributed by atoms with Gasteiger partial charge in [-0.3, -0.25) is 4.90 Å². The van der Waals surface area contributed by atoms with E-state index in [0.717, 1.165) is 29.0 Å². The quantitative estimate of drug-likeness (QED) is 0.634. The minimum Gasteiger partial charge on any atom is -0.378 e. The molecule has 0 fully saturated rings. The number of benzene rings is 3. The predicted octanol–water partition coefficient (Wildman–Crippen LogP) is 5.67. The second kappa shape index (κ2) is 7.54. The number of hydrogen-bond donors (Lipinski definition) is 2. The first-order chi connectivity index (χ1) is 13.2. The van der Waals surface area contributed by atoms with Crippen LogP contribution in [0.15, 0.2) is 84.9 Å². The normalized spacial score (nSPS) is 18.5. The molecule has 0 aliphatic carbocycles. The van der Waals surface area contributed by atoms with Crippen LogP contribution >= 0.6 is 0 Å². The number of fused-ring (bicyclic) bond motifs is 1. The smallest absolute Gasteiger partial charge is 0.326 e. The second-order valence-corrected chi connectivity index (χ2v) is 6.87. The van der Waals surface area contributed by atoms with E-state index < -0.39 is 0 Å². The fourth-order valence-corrected chi connectivity index (χ4v) is 3.70. The molecule has 1 aliphatic rings. The number of nitrogens with one attached hydrogen (secondary N) is 2. The molecule has 0 unspecified atom stereocenters. The molecule has 2 amide bonds. The van der Waals surface area contributed by atoms with Gasteiger partial charge in [0.15, 0.2) is 0 Å². The first-order valence-electron chi connectivity index (χ1n) is 9.28. The number of hydrogen-bond acceptors (Lipinski definition) is 2. The Kier molecular flexibility index (Phi) is 4.79. The van der Waals surface area contributed by atoms with Crippen molar-refractivity contribution in [3.63, 3.8) is 0 Å². The van der Waals surface area contributed by atoms with Crippen molar-refractivity contribution < 1.29 is 4.79 Å². The Morgan fingerprint density at radius 2 is 1.44 bits per heavy atom. The van der Waals surface area contributed by atoms with Crippen LogP contribution in [0.5, 0.6) is 0 Å². The van der Waals surface area contributed by atoms with Gasteiger partial charge < -0.3 is 10.6 Å². The van der Waals surface area contributed by atoms with Crippen molar-refractivity contribution in [2.75, 3.05) is 15.5 Å². The average molecular weight is 357 g/mol. The molecule has 136 valence electrons. The van der Waals surface area contributed by atoms with Gasteiger partial charge in [0, 0.05) is 17.4 Å². The van der Waals surface area contributed by atoms with E-state index in [9.17, 15) is 4.79 Å². The highest BCUT2D eigenvalue weighted by Crippen LogP contribution is 2.39. The summed E-state index contributed by atoms with van der Waals surface area (Å²) in [6.45, 7) is 2.10. The number of para-hydroxylation sites is 3. The van der Waals surface area contributed by atoms with E-state index >= 15 is 0 Å². The summed E-state index contributed by atoms with van der Waals surface area (Å²) >= 11 is 0. The van der Waals surface area contributed by atoms with Crippen LogP contribution in [-0.2, 0) is 0 Å². The lowest BCUT2D eigenvalue weighted by atomic mass is 9.91. The molecule has 0 bridgehead atoms. The molecule has 3 aromatic rings. The number of carbonyl (C=O) groups excluding carboxylic acids is 1. The standard InChI is InChI=1S/C23H23N3O/c1-17-16-21(24-18-10-4-2-5-11-18)20-14-8-9-15-22(20)26(17)23(27)25-19-12-6-3-7-13-19/h2-15,17,21,24H,16H2,1H3,(H,25,27)/t17-,21+/m1/s1. The molecule has 0 saturated carbocycles. The number of rotatable bonds is 3. The van der Waals surface area contributed by atoms with Gasteiger partial charge in [0.2, 0.25) is 0 Å². The molecule has 4 rings (SSSR count). The summed E-state index contributed by atoms with van der Waals surface area (Å²) in [7, 11) is 0. The number of anilines is 3. The highest BCUT2D eigenvalue weighted by atomic mass is 16.2. The summed E-state index contributed by atoms with van der Waals surface area (Å²) in [6.07, 6.45) is 0.841. The summed E-state index contributed by atoms with van der Waals surface area (Å²) in [5.74, 6) is 0. The third-order valence-corrected chi connectivity index (χ3v) is 4.95. The number of amides is 2. The highest BCUT2D eigenvalue weighted by Gasteiger charge is 2.33. The molecule has 2 atom stereocenters. The van der Waals surface area contributed by atoms with E-state index in [1.54, 1.807) is 0 Å². The lowest BCUT2D eigenvalue weighted by molar-refractivity contribution is 0.254. The summed E-state index contributed by atoms with van der Waals surface area (Å²) < 4.78 is 0. The van der Waals surface area contributed by atoms with E-state index in [4.69, 9.17) is 0 Å². The minimum absolute atomic E-state index is 0.0739. The van der Waals surface area contributed by atoms with E-state index in [0.29, 0.717) is 0 Å². The SMILES string of the molecule is C[C@@H]1C[C@H](Nc2ccccc2)c2ccccc2N1C(=O)Nc1ccccc1. The summed E-state index contributed by atoms with van der Waals surface area (Å²) in [5, 5.41) is 6.63. The fraction of sp³-hybridized carbons (Fsp3) is 0.174. The largest absolute Gasteiger partial charge is 0.378 e. The first kappa shape index (κ1) is 17.2. The van der Waals surface area contributed by atoms with Crippen LogP contribution in [-0.4, -0.2) is 12.1 Å². The van der Waals surface area contributed by atoms with Crippen LogP contribution in [0.25, 0.3) is 0 Å². The van der Waals surface area contributed by atoms with E-state index in [1.165, 1.54) is 0 Å². The van der Waals surface area contributed by atoms with Gasteiger partial charge in [-0.2, -0.15) is 0 Å². The van der Waals surface area contributed by atoms with Crippen molar-refractivity contribution in [2.45, 2.75) is 25.4 Å². The Balaban J connectivity index is 1.62. The average Bonchev–Trinajstić information content (AvgIpc) is 2.69. The zero-order valence-electron chi connectivity index (χ0n) is 15.3. The third-order valence-electron chi connectivity index (χ3n) is 4.95. The van der Waals surface area contributed by atoms with Crippen molar-refractivity contribution >= 4 is 23.1 Å². The van der Waals surface area contributed by atoms with E-state index in [-0.39, 0.29) is 18.1 Å². The van der Waals surface area contributed by atoms with Crippen LogP contribution in [0.2, 0.25) is 0 Å². The zero-order chi connectivity index (χ0) is 18.6. The number of nitrogens with zero attached hydrogens (tertiary/aromatic N) is 1. The van der Waals surface area contributed by atoms with Crippen LogP contribution in [0.4, 0.5) is 21.9 Å². The summed E-state index contributed by atoms with van der Waals surface area (Å²) in [6, 6.07) is 28.1. The highest BCUT2D eigenvalue weighted by molar-refractivity contribution is 6.03.